The number of nitrogens with one attached hydrogen (secondary N) is 1. The van der Waals surface area contributed by atoms with Crippen molar-refractivity contribution in [3.8, 4) is 5.75 Å². The van der Waals surface area contributed by atoms with Crippen molar-refractivity contribution in [3.63, 3.8) is 0 Å². The highest BCUT2D eigenvalue weighted by Crippen LogP contribution is 2.23. The van der Waals surface area contributed by atoms with Crippen molar-refractivity contribution in [2.24, 2.45) is 0 Å². The Balaban J connectivity index is 2.18. The summed E-state index contributed by atoms with van der Waals surface area (Å²) in [7, 11) is 1.56. The molecule has 104 valence electrons. The van der Waals surface area contributed by atoms with Crippen LogP contribution in [0.1, 0.15) is 28.9 Å². The second-order valence-corrected chi connectivity index (χ2v) is 5.37. The molecule has 0 aromatic heterocycles. The van der Waals surface area contributed by atoms with E-state index in [0.29, 0.717) is 11.3 Å². The topological polar surface area (TPSA) is 38.3 Å². The van der Waals surface area contributed by atoms with E-state index < -0.39 is 0 Å². The minimum Gasteiger partial charge on any atom is -0.496 e. The Kier molecular flexibility index (Phi) is 4.79. The first-order valence-electron chi connectivity index (χ1n) is 6.31. The molecule has 0 aliphatic heterocycles. The van der Waals surface area contributed by atoms with E-state index in [2.05, 4.69) is 21.2 Å². The minimum absolute atomic E-state index is 0.0626. The number of methoxy groups -OCH3 is 1. The molecular formula is C16H16BrNO2. The molecule has 1 amide bonds. The molecule has 0 saturated heterocycles. The first-order valence-corrected chi connectivity index (χ1v) is 7.10. The van der Waals surface area contributed by atoms with Gasteiger partial charge in [-0.2, -0.15) is 0 Å². The molecule has 0 spiro atoms. The van der Waals surface area contributed by atoms with E-state index in [9.17, 15) is 4.79 Å². The van der Waals surface area contributed by atoms with Gasteiger partial charge < -0.3 is 10.1 Å². The first-order chi connectivity index (χ1) is 9.61. The largest absolute Gasteiger partial charge is 0.496 e. The summed E-state index contributed by atoms with van der Waals surface area (Å²) in [6, 6.07) is 15.2. The monoisotopic (exact) mass is 333 g/mol. The normalized spacial score (nSPS) is 11.8. The van der Waals surface area contributed by atoms with E-state index in [1.807, 2.05) is 43.3 Å². The molecule has 1 unspecified atom stereocenters. The SMILES string of the molecule is COc1ccc(Br)cc1C(=O)NC(C)c1ccccc1. The van der Waals surface area contributed by atoms with Crippen molar-refractivity contribution in [1.82, 2.24) is 5.32 Å². The van der Waals surface area contributed by atoms with Gasteiger partial charge in [0.25, 0.3) is 5.91 Å². The zero-order valence-electron chi connectivity index (χ0n) is 11.4. The number of hydrogen-bond acceptors (Lipinski definition) is 2. The van der Waals surface area contributed by atoms with Gasteiger partial charge in [-0.15, -0.1) is 0 Å². The Morgan fingerprint density at radius 2 is 1.90 bits per heavy atom. The van der Waals surface area contributed by atoms with Crippen molar-refractivity contribution >= 4 is 21.8 Å². The summed E-state index contributed by atoms with van der Waals surface area (Å²) in [4.78, 5) is 12.3. The summed E-state index contributed by atoms with van der Waals surface area (Å²) in [5.74, 6) is 0.408. The number of hydrogen-bond donors (Lipinski definition) is 1. The van der Waals surface area contributed by atoms with E-state index in [1.54, 1.807) is 19.2 Å². The number of rotatable bonds is 4. The molecule has 2 rings (SSSR count). The number of benzene rings is 2. The molecule has 3 nitrogen and oxygen atoms in total. The Morgan fingerprint density at radius 3 is 2.55 bits per heavy atom. The number of carbonyl (C=O) groups is 1. The van der Waals surface area contributed by atoms with E-state index >= 15 is 0 Å². The van der Waals surface area contributed by atoms with Gasteiger partial charge in [-0.1, -0.05) is 46.3 Å². The Morgan fingerprint density at radius 1 is 1.20 bits per heavy atom. The standard InChI is InChI=1S/C16H16BrNO2/c1-11(12-6-4-3-5-7-12)18-16(19)14-10-13(17)8-9-15(14)20-2/h3-11H,1-2H3,(H,18,19). The van der Waals surface area contributed by atoms with Crippen LogP contribution in [0.4, 0.5) is 0 Å². The Bertz CT molecular complexity index is 599. The van der Waals surface area contributed by atoms with Crippen LogP contribution in [0.5, 0.6) is 5.75 Å². The fourth-order valence-electron chi connectivity index (χ4n) is 1.96. The highest BCUT2D eigenvalue weighted by Gasteiger charge is 2.15. The van der Waals surface area contributed by atoms with Gasteiger partial charge in [-0.3, -0.25) is 4.79 Å². The maximum absolute atomic E-state index is 12.3. The number of halogens is 1. The average molecular weight is 334 g/mol. The van der Waals surface area contributed by atoms with Crippen LogP contribution in [0.2, 0.25) is 0 Å². The molecule has 0 heterocycles. The highest BCUT2D eigenvalue weighted by atomic mass is 79.9. The molecule has 0 radical (unpaired) electrons. The summed E-state index contributed by atoms with van der Waals surface area (Å²) < 4.78 is 6.07. The van der Waals surface area contributed by atoms with Gasteiger partial charge in [0, 0.05) is 4.47 Å². The van der Waals surface area contributed by atoms with E-state index in [-0.39, 0.29) is 11.9 Å². The molecule has 4 heteroatoms. The van der Waals surface area contributed by atoms with E-state index in [1.165, 1.54) is 0 Å². The van der Waals surface area contributed by atoms with Gasteiger partial charge in [-0.05, 0) is 30.7 Å². The molecular weight excluding hydrogens is 318 g/mol. The molecule has 1 N–H and O–H groups in total. The fraction of sp³-hybridized carbons (Fsp3) is 0.188. The lowest BCUT2D eigenvalue weighted by Gasteiger charge is -2.16. The van der Waals surface area contributed by atoms with Crippen molar-refractivity contribution in [1.29, 1.82) is 0 Å². The second kappa shape index (κ2) is 6.57. The van der Waals surface area contributed by atoms with Crippen LogP contribution < -0.4 is 10.1 Å². The van der Waals surface area contributed by atoms with Crippen molar-refractivity contribution in [2.45, 2.75) is 13.0 Å². The van der Waals surface area contributed by atoms with Gasteiger partial charge in [0.2, 0.25) is 0 Å². The molecule has 0 saturated carbocycles. The lowest BCUT2D eigenvalue weighted by molar-refractivity contribution is 0.0937. The van der Waals surface area contributed by atoms with Crippen LogP contribution in [-0.4, -0.2) is 13.0 Å². The summed E-state index contributed by atoms with van der Waals surface area (Å²) in [6.07, 6.45) is 0. The Labute approximate surface area is 127 Å². The zero-order chi connectivity index (χ0) is 14.5. The van der Waals surface area contributed by atoms with Gasteiger partial charge >= 0.3 is 0 Å². The first kappa shape index (κ1) is 14.6. The third-order valence-electron chi connectivity index (χ3n) is 3.05. The van der Waals surface area contributed by atoms with Gasteiger partial charge in [0.15, 0.2) is 0 Å². The second-order valence-electron chi connectivity index (χ2n) is 4.45. The summed E-state index contributed by atoms with van der Waals surface area (Å²) >= 11 is 3.37. The van der Waals surface area contributed by atoms with E-state index in [0.717, 1.165) is 10.0 Å². The summed E-state index contributed by atoms with van der Waals surface area (Å²) in [6.45, 7) is 1.96. The number of carbonyl (C=O) groups excluding carboxylic acids is 1. The predicted octanol–water partition coefficient (Wildman–Crippen LogP) is 3.95. The van der Waals surface area contributed by atoms with Gasteiger partial charge in [0.1, 0.15) is 5.75 Å². The molecule has 0 fully saturated rings. The number of amides is 1. The van der Waals surface area contributed by atoms with Crippen molar-refractivity contribution < 1.29 is 9.53 Å². The predicted molar refractivity (Wildman–Crippen MR) is 83.0 cm³/mol. The molecule has 2 aromatic carbocycles. The van der Waals surface area contributed by atoms with Crippen molar-refractivity contribution in [2.75, 3.05) is 7.11 Å². The molecule has 1 atom stereocenters. The third kappa shape index (κ3) is 3.39. The van der Waals surface area contributed by atoms with Crippen LogP contribution >= 0.6 is 15.9 Å². The summed E-state index contributed by atoms with van der Waals surface area (Å²) in [5.41, 5.74) is 1.58. The van der Waals surface area contributed by atoms with Crippen LogP contribution in [0, 0.1) is 0 Å². The van der Waals surface area contributed by atoms with Gasteiger partial charge in [-0.25, -0.2) is 0 Å². The smallest absolute Gasteiger partial charge is 0.255 e. The van der Waals surface area contributed by atoms with Crippen LogP contribution in [-0.2, 0) is 0 Å². The molecule has 0 aliphatic carbocycles. The third-order valence-corrected chi connectivity index (χ3v) is 3.55. The Hall–Kier alpha value is -1.81. The molecule has 0 aliphatic rings. The summed E-state index contributed by atoms with van der Waals surface area (Å²) in [5, 5.41) is 2.97. The van der Waals surface area contributed by atoms with E-state index in [4.69, 9.17) is 4.74 Å². The lowest BCUT2D eigenvalue weighted by Crippen LogP contribution is -2.27. The average Bonchev–Trinajstić information content (AvgIpc) is 2.48. The molecule has 0 bridgehead atoms. The molecule has 20 heavy (non-hydrogen) atoms. The van der Waals surface area contributed by atoms with Crippen LogP contribution in [0.15, 0.2) is 53.0 Å². The fourth-order valence-corrected chi connectivity index (χ4v) is 2.32. The maximum Gasteiger partial charge on any atom is 0.255 e. The quantitative estimate of drug-likeness (QED) is 0.919. The van der Waals surface area contributed by atoms with Gasteiger partial charge in [0.05, 0.1) is 18.7 Å². The lowest BCUT2D eigenvalue weighted by atomic mass is 10.1. The molecule has 2 aromatic rings. The maximum atomic E-state index is 12.3. The zero-order valence-corrected chi connectivity index (χ0v) is 13.0. The van der Waals surface area contributed by atoms with Crippen LogP contribution in [0.25, 0.3) is 0 Å². The minimum atomic E-state index is -0.153. The van der Waals surface area contributed by atoms with Crippen molar-refractivity contribution in [3.05, 3.63) is 64.1 Å². The highest BCUT2D eigenvalue weighted by molar-refractivity contribution is 9.10. The van der Waals surface area contributed by atoms with Crippen LogP contribution in [0.3, 0.4) is 0 Å². The number of ether oxygens (including phenoxy) is 1.